The molecule has 1 aromatic carbocycles. The first kappa shape index (κ1) is 19.3. The molecule has 27 heavy (non-hydrogen) atoms. The zero-order valence-corrected chi connectivity index (χ0v) is 15.0. The van der Waals surface area contributed by atoms with E-state index < -0.39 is 23.3 Å². The average molecular weight is 395 g/mol. The normalized spacial score (nSPS) is 13.9. The molecule has 0 fully saturated rings. The van der Waals surface area contributed by atoms with Crippen molar-refractivity contribution in [2.24, 2.45) is 5.14 Å². The van der Waals surface area contributed by atoms with Gasteiger partial charge in [0.15, 0.2) is 0 Å². The highest BCUT2D eigenvalue weighted by molar-refractivity contribution is 7.87. The molecule has 1 aliphatic rings. The van der Waals surface area contributed by atoms with Crippen LogP contribution in [0.1, 0.15) is 27.2 Å². The summed E-state index contributed by atoms with van der Waals surface area (Å²) in [6, 6.07) is 3.46. The summed E-state index contributed by atoms with van der Waals surface area (Å²) < 4.78 is 30.6. The Bertz CT molecular complexity index is 963. The van der Waals surface area contributed by atoms with Gasteiger partial charge in [-0.25, -0.2) is 19.3 Å². The van der Waals surface area contributed by atoms with Crippen LogP contribution in [0, 0.1) is 0 Å². The number of fused-ring (bicyclic) bond motifs is 1. The Morgan fingerprint density at radius 1 is 1.44 bits per heavy atom. The topological polar surface area (TPSA) is 170 Å². The number of carboxylic acid groups (broad SMARTS) is 1. The van der Waals surface area contributed by atoms with Crippen LogP contribution in [0.15, 0.2) is 18.3 Å². The maximum Gasteiger partial charge on any atom is 0.522 e. The van der Waals surface area contributed by atoms with E-state index in [1.807, 2.05) is 0 Å². The van der Waals surface area contributed by atoms with Gasteiger partial charge in [-0.3, -0.25) is 0 Å². The van der Waals surface area contributed by atoms with Gasteiger partial charge in [-0.2, -0.15) is 8.42 Å². The highest BCUT2D eigenvalue weighted by Crippen LogP contribution is 2.33. The number of nitrogens with two attached hydrogens (primary N) is 1. The number of aromatic carboxylic acids is 1. The fourth-order valence-electron chi connectivity index (χ4n) is 2.86. The van der Waals surface area contributed by atoms with Crippen LogP contribution in [-0.2, 0) is 29.6 Å². The number of nitrogens with one attached hydrogen (secondary N) is 1. The maximum atomic E-state index is 11.7. The van der Waals surface area contributed by atoms with E-state index in [-0.39, 0.29) is 30.8 Å². The van der Waals surface area contributed by atoms with E-state index >= 15 is 0 Å². The molecule has 0 spiro atoms. The molecule has 0 unspecified atom stereocenters. The number of carbonyl (C=O) groups is 1. The second kappa shape index (κ2) is 7.64. The number of nitrogens with zero attached hydrogens (tertiary/aromatic N) is 3. The van der Waals surface area contributed by atoms with Gasteiger partial charge >= 0.3 is 13.1 Å². The van der Waals surface area contributed by atoms with Gasteiger partial charge in [0.2, 0.25) is 0 Å². The van der Waals surface area contributed by atoms with Gasteiger partial charge in [0.1, 0.15) is 11.3 Å². The minimum atomic E-state index is -3.77. The van der Waals surface area contributed by atoms with Crippen LogP contribution in [0.25, 0.3) is 0 Å². The van der Waals surface area contributed by atoms with Crippen molar-refractivity contribution in [1.82, 2.24) is 19.7 Å². The van der Waals surface area contributed by atoms with Crippen LogP contribution in [0.3, 0.4) is 0 Å². The molecule has 11 nitrogen and oxygen atoms in total. The minimum absolute atomic E-state index is 0.0146. The molecular weight excluding hydrogens is 377 g/mol. The molecule has 2 heterocycles. The van der Waals surface area contributed by atoms with E-state index in [1.54, 1.807) is 18.3 Å². The van der Waals surface area contributed by atoms with Crippen molar-refractivity contribution in [2.45, 2.75) is 25.7 Å². The molecule has 0 amide bonds. The maximum absolute atomic E-state index is 11.7. The van der Waals surface area contributed by atoms with Crippen LogP contribution >= 0.6 is 0 Å². The number of rotatable bonds is 7. The molecule has 144 valence electrons. The Kier molecular flexibility index (Phi) is 5.46. The zero-order valence-electron chi connectivity index (χ0n) is 14.2. The lowest BCUT2D eigenvalue weighted by Crippen LogP contribution is -2.32. The predicted molar refractivity (Wildman–Crippen MR) is 94.5 cm³/mol. The molecular formula is C14H18BN5O6S. The van der Waals surface area contributed by atoms with Gasteiger partial charge in [0, 0.05) is 19.2 Å². The summed E-state index contributed by atoms with van der Waals surface area (Å²) in [6.07, 6.45) is 2.80. The number of hydrogen-bond donors (Lipinski definition) is 4. The first-order valence-corrected chi connectivity index (χ1v) is 9.67. The average Bonchev–Trinajstić information content (AvgIpc) is 3.00. The van der Waals surface area contributed by atoms with Crippen molar-refractivity contribution in [1.29, 1.82) is 0 Å². The first-order chi connectivity index (χ1) is 12.7. The minimum Gasteiger partial charge on any atom is -0.535 e. The Labute approximate surface area is 155 Å². The van der Waals surface area contributed by atoms with Crippen molar-refractivity contribution in [3.63, 3.8) is 0 Å². The molecule has 1 aliphatic heterocycles. The SMILES string of the molecule is NS(=O)(=O)NCCc1cn(Cc2ccc3c(c2C(=O)O)OB(O)CC3)nn1. The quantitative estimate of drug-likeness (QED) is 0.423. The standard InChI is InChI=1S/C14H18BN5O6S/c16-27(24,25)17-6-4-11-8-20(19-18-11)7-10-2-1-9-3-5-15(23)26-13(9)12(10)14(21)22/h1-2,8,17,23H,3-7H2,(H,21,22)(H2,16,24,25). The second-order valence-electron chi connectivity index (χ2n) is 6.10. The second-order valence-corrected chi connectivity index (χ2v) is 7.48. The summed E-state index contributed by atoms with van der Waals surface area (Å²) in [5.74, 6) is -0.981. The molecule has 0 bridgehead atoms. The molecule has 5 N–H and O–H groups in total. The predicted octanol–water partition coefficient (Wildman–Crippen LogP) is -1.22. The van der Waals surface area contributed by atoms with Crippen LogP contribution in [0.2, 0.25) is 6.32 Å². The lowest BCUT2D eigenvalue weighted by Gasteiger charge is -2.23. The Balaban J connectivity index is 1.78. The van der Waals surface area contributed by atoms with Gasteiger partial charge in [-0.05, 0) is 23.9 Å². The largest absolute Gasteiger partial charge is 0.535 e. The molecule has 0 aliphatic carbocycles. The van der Waals surface area contributed by atoms with Crippen LogP contribution in [0.5, 0.6) is 5.75 Å². The van der Waals surface area contributed by atoms with Crippen molar-refractivity contribution in [3.05, 3.63) is 40.7 Å². The molecule has 13 heteroatoms. The number of benzene rings is 1. The van der Waals surface area contributed by atoms with E-state index in [9.17, 15) is 23.3 Å². The fraction of sp³-hybridized carbons (Fsp3) is 0.357. The zero-order chi connectivity index (χ0) is 19.6. The van der Waals surface area contributed by atoms with Gasteiger partial charge in [0.25, 0.3) is 10.2 Å². The summed E-state index contributed by atoms with van der Waals surface area (Å²) in [4.78, 5) is 11.7. The number of aromatic nitrogens is 3. The number of carboxylic acids is 1. The molecule has 3 rings (SSSR count). The van der Waals surface area contributed by atoms with E-state index in [1.165, 1.54) is 4.68 Å². The highest BCUT2D eigenvalue weighted by atomic mass is 32.2. The van der Waals surface area contributed by atoms with Crippen LogP contribution in [-0.4, -0.2) is 53.2 Å². The Morgan fingerprint density at radius 2 is 2.22 bits per heavy atom. The summed E-state index contributed by atoms with van der Waals surface area (Å²) in [7, 11) is -4.80. The van der Waals surface area contributed by atoms with Gasteiger partial charge in [-0.15, -0.1) is 5.10 Å². The Morgan fingerprint density at radius 3 is 2.93 bits per heavy atom. The van der Waals surface area contributed by atoms with Crippen molar-refractivity contribution in [2.75, 3.05) is 6.54 Å². The third-order valence-corrected chi connectivity index (χ3v) is 4.66. The Hall–Kier alpha value is -2.48. The summed E-state index contributed by atoms with van der Waals surface area (Å²) in [6.45, 7) is 0.201. The van der Waals surface area contributed by atoms with Crippen LogP contribution < -0.4 is 14.5 Å². The van der Waals surface area contributed by atoms with E-state index in [0.29, 0.717) is 24.0 Å². The molecule has 1 aromatic heterocycles. The lowest BCUT2D eigenvalue weighted by atomic mass is 9.78. The molecule has 0 saturated carbocycles. The van der Waals surface area contributed by atoms with E-state index in [0.717, 1.165) is 5.56 Å². The summed E-state index contributed by atoms with van der Waals surface area (Å²) in [5.41, 5.74) is 1.69. The van der Waals surface area contributed by atoms with Crippen molar-refractivity contribution in [3.8, 4) is 5.75 Å². The molecule has 0 atom stereocenters. The van der Waals surface area contributed by atoms with Crippen molar-refractivity contribution >= 4 is 23.3 Å². The van der Waals surface area contributed by atoms with Gasteiger partial charge in [0.05, 0.1) is 12.2 Å². The first-order valence-electron chi connectivity index (χ1n) is 8.12. The summed E-state index contributed by atoms with van der Waals surface area (Å²) in [5, 5.41) is 32.0. The molecule has 0 saturated heterocycles. The lowest BCUT2D eigenvalue weighted by molar-refractivity contribution is 0.0693. The number of hydrogen-bond acceptors (Lipinski definition) is 7. The van der Waals surface area contributed by atoms with E-state index in [4.69, 9.17) is 9.79 Å². The number of aryl methyl sites for hydroxylation is 1. The van der Waals surface area contributed by atoms with E-state index in [2.05, 4.69) is 15.0 Å². The third-order valence-electron chi connectivity index (χ3n) is 4.06. The molecule has 0 radical (unpaired) electrons. The molecule has 2 aromatic rings. The highest BCUT2D eigenvalue weighted by Gasteiger charge is 2.29. The van der Waals surface area contributed by atoms with Crippen molar-refractivity contribution < 1.29 is 28.0 Å². The monoisotopic (exact) mass is 395 g/mol. The third kappa shape index (κ3) is 4.83. The van der Waals surface area contributed by atoms with Gasteiger partial charge < -0.3 is 14.8 Å². The summed E-state index contributed by atoms with van der Waals surface area (Å²) >= 11 is 0. The van der Waals surface area contributed by atoms with Crippen LogP contribution in [0.4, 0.5) is 0 Å². The van der Waals surface area contributed by atoms with Gasteiger partial charge in [-0.1, -0.05) is 17.3 Å². The smallest absolute Gasteiger partial charge is 0.522 e. The fourth-order valence-corrected chi connectivity index (χ4v) is 3.25.